The Labute approximate surface area is 118 Å². The van der Waals surface area contributed by atoms with E-state index in [2.05, 4.69) is 53.8 Å². The molecule has 1 aliphatic rings. The summed E-state index contributed by atoms with van der Waals surface area (Å²) in [6.07, 6.45) is 6.45. The molecule has 17 heavy (non-hydrogen) atoms. The van der Waals surface area contributed by atoms with Crippen molar-refractivity contribution in [3.05, 3.63) is 33.4 Å². The zero-order chi connectivity index (χ0) is 12.3. The van der Waals surface area contributed by atoms with E-state index >= 15 is 0 Å². The molecule has 0 aliphatic heterocycles. The molecule has 2 N–H and O–H groups in total. The quantitative estimate of drug-likeness (QED) is 0.826. The number of hydrogen-bond donors (Lipinski definition) is 1. The van der Waals surface area contributed by atoms with Crippen LogP contribution in [0.2, 0.25) is 0 Å². The van der Waals surface area contributed by atoms with Gasteiger partial charge in [0.25, 0.3) is 0 Å². The Kier molecular flexibility index (Phi) is 4.86. The van der Waals surface area contributed by atoms with E-state index in [0.717, 1.165) is 18.3 Å². The second kappa shape index (κ2) is 6.19. The Balaban J connectivity index is 1.91. The highest BCUT2D eigenvalue weighted by molar-refractivity contribution is 14.1. The van der Waals surface area contributed by atoms with Crippen molar-refractivity contribution in [2.24, 2.45) is 17.6 Å². The molecule has 1 saturated carbocycles. The molecule has 1 fully saturated rings. The molecule has 0 saturated heterocycles. The maximum Gasteiger partial charge on any atom is 0.0130 e. The van der Waals surface area contributed by atoms with Gasteiger partial charge in [-0.3, -0.25) is 0 Å². The van der Waals surface area contributed by atoms with Crippen molar-refractivity contribution < 1.29 is 0 Å². The third-order valence-corrected chi connectivity index (χ3v) is 4.69. The second-order valence-electron chi connectivity index (χ2n) is 5.53. The molecule has 0 bridgehead atoms. The highest BCUT2D eigenvalue weighted by atomic mass is 127. The van der Waals surface area contributed by atoms with Gasteiger partial charge in [0, 0.05) is 9.61 Å². The number of hydrogen-bond acceptors (Lipinski definition) is 1. The maximum absolute atomic E-state index is 6.38. The highest BCUT2D eigenvalue weighted by Crippen LogP contribution is 2.31. The molecule has 2 rings (SSSR count). The van der Waals surface area contributed by atoms with Crippen molar-refractivity contribution in [1.82, 2.24) is 0 Å². The standard InChI is InChI=1S/C15H22IN/c1-11-3-2-4-13(9-11)15(17)10-12-5-7-14(16)8-6-12/h5-8,11,13,15H,2-4,9-10,17H2,1H3. The molecule has 3 atom stereocenters. The van der Waals surface area contributed by atoms with Crippen molar-refractivity contribution in [2.45, 2.75) is 45.1 Å². The van der Waals surface area contributed by atoms with Gasteiger partial charge in [-0.2, -0.15) is 0 Å². The van der Waals surface area contributed by atoms with Gasteiger partial charge in [0.2, 0.25) is 0 Å². The molecule has 1 aliphatic carbocycles. The molecule has 0 heterocycles. The van der Waals surface area contributed by atoms with E-state index in [0.29, 0.717) is 6.04 Å². The van der Waals surface area contributed by atoms with Crippen LogP contribution in [0.5, 0.6) is 0 Å². The van der Waals surface area contributed by atoms with Gasteiger partial charge >= 0.3 is 0 Å². The van der Waals surface area contributed by atoms with E-state index in [1.807, 2.05) is 0 Å². The van der Waals surface area contributed by atoms with Gasteiger partial charge in [-0.15, -0.1) is 0 Å². The lowest BCUT2D eigenvalue weighted by Gasteiger charge is -2.31. The highest BCUT2D eigenvalue weighted by Gasteiger charge is 2.24. The van der Waals surface area contributed by atoms with Gasteiger partial charge < -0.3 is 5.73 Å². The first-order valence-corrected chi connectivity index (χ1v) is 7.73. The van der Waals surface area contributed by atoms with Crippen LogP contribution >= 0.6 is 22.6 Å². The van der Waals surface area contributed by atoms with Crippen LogP contribution in [0.1, 0.15) is 38.2 Å². The summed E-state index contributed by atoms with van der Waals surface area (Å²) in [6.45, 7) is 2.36. The third kappa shape index (κ3) is 3.95. The molecule has 0 radical (unpaired) electrons. The number of nitrogens with two attached hydrogens (primary N) is 1. The van der Waals surface area contributed by atoms with Crippen LogP contribution in [-0.4, -0.2) is 6.04 Å². The summed E-state index contributed by atoms with van der Waals surface area (Å²) >= 11 is 2.34. The van der Waals surface area contributed by atoms with Crippen molar-refractivity contribution in [1.29, 1.82) is 0 Å². The molecule has 94 valence electrons. The van der Waals surface area contributed by atoms with Gasteiger partial charge in [0.05, 0.1) is 0 Å². The maximum atomic E-state index is 6.38. The Bertz CT molecular complexity index is 346. The van der Waals surface area contributed by atoms with Gasteiger partial charge in [0.1, 0.15) is 0 Å². The summed E-state index contributed by atoms with van der Waals surface area (Å²) in [7, 11) is 0. The smallest absolute Gasteiger partial charge is 0.0130 e. The fraction of sp³-hybridized carbons (Fsp3) is 0.600. The summed E-state index contributed by atoms with van der Waals surface area (Å²) in [4.78, 5) is 0. The Morgan fingerprint density at radius 1 is 1.29 bits per heavy atom. The van der Waals surface area contributed by atoms with Crippen LogP contribution < -0.4 is 5.73 Å². The monoisotopic (exact) mass is 343 g/mol. The second-order valence-corrected chi connectivity index (χ2v) is 6.77. The molecule has 2 heteroatoms. The number of halogens is 1. The van der Waals surface area contributed by atoms with Crippen molar-refractivity contribution in [3.63, 3.8) is 0 Å². The van der Waals surface area contributed by atoms with E-state index in [9.17, 15) is 0 Å². The molecule has 0 aromatic heterocycles. The van der Waals surface area contributed by atoms with Crippen LogP contribution in [0.4, 0.5) is 0 Å². The van der Waals surface area contributed by atoms with Crippen LogP contribution in [0.15, 0.2) is 24.3 Å². The van der Waals surface area contributed by atoms with E-state index in [-0.39, 0.29) is 0 Å². The Morgan fingerprint density at radius 2 is 2.00 bits per heavy atom. The summed E-state index contributed by atoms with van der Waals surface area (Å²) in [6, 6.07) is 9.12. The molecule has 0 amide bonds. The first-order chi connectivity index (χ1) is 8.15. The summed E-state index contributed by atoms with van der Waals surface area (Å²) in [5, 5.41) is 0. The lowest BCUT2D eigenvalue weighted by atomic mass is 9.77. The summed E-state index contributed by atoms with van der Waals surface area (Å²) in [5.41, 5.74) is 7.76. The summed E-state index contributed by atoms with van der Waals surface area (Å²) in [5.74, 6) is 1.61. The minimum Gasteiger partial charge on any atom is -0.327 e. The zero-order valence-electron chi connectivity index (χ0n) is 10.5. The first-order valence-electron chi connectivity index (χ1n) is 6.65. The predicted molar refractivity (Wildman–Crippen MR) is 82.0 cm³/mol. The third-order valence-electron chi connectivity index (χ3n) is 3.97. The minimum absolute atomic E-state index is 0.345. The molecule has 3 unspecified atom stereocenters. The molecular weight excluding hydrogens is 321 g/mol. The Hall–Kier alpha value is -0.0900. The molecule has 1 aromatic carbocycles. The number of rotatable bonds is 3. The lowest BCUT2D eigenvalue weighted by molar-refractivity contribution is 0.245. The Morgan fingerprint density at radius 3 is 2.65 bits per heavy atom. The predicted octanol–water partition coefficient (Wildman–Crippen LogP) is 3.99. The van der Waals surface area contributed by atoms with Crippen LogP contribution in [0.25, 0.3) is 0 Å². The van der Waals surface area contributed by atoms with Gasteiger partial charge in [0.15, 0.2) is 0 Å². The van der Waals surface area contributed by atoms with E-state index in [4.69, 9.17) is 5.73 Å². The van der Waals surface area contributed by atoms with Crippen LogP contribution in [0, 0.1) is 15.4 Å². The van der Waals surface area contributed by atoms with E-state index in [1.165, 1.54) is 34.8 Å². The summed E-state index contributed by atoms with van der Waals surface area (Å²) < 4.78 is 1.30. The normalized spacial score (nSPS) is 26.8. The first kappa shape index (κ1) is 13.3. The van der Waals surface area contributed by atoms with Gasteiger partial charge in [-0.1, -0.05) is 31.9 Å². The van der Waals surface area contributed by atoms with Crippen molar-refractivity contribution >= 4 is 22.6 Å². The van der Waals surface area contributed by atoms with Gasteiger partial charge in [-0.25, -0.2) is 0 Å². The fourth-order valence-electron chi connectivity index (χ4n) is 2.93. The average Bonchev–Trinajstić information content (AvgIpc) is 2.32. The van der Waals surface area contributed by atoms with E-state index in [1.54, 1.807) is 0 Å². The SMILES string of the molecule is CC1CCCC(C(N)Cc2ccc(I)cc2)C1. The lowest BCUT2D eigenvalue weighted by Crippen LogP contribution is -2.35. The molecular formula is C15H22IN. The molecule has 1 nitrogen and oxygen atoms in total. The van der Waals surface area contributed by atoms with Crippen LogP contribution in [-0.2, 0) is 6.42 Å². The zero-order valence-corrected chi connectivity index (χ0v) is 12.7. The van der Waals surface area contributed by atoms with Crippen LogP contribution in [0.3, 0.4) is 0 Å². The minimum atomic E-state index is 0.345. The van der Waals surface area contributed by atoms with Crippen molar-refractivity contribution in [3.8, 4) is 0 Å². The average molecular weight is 343 g/mol. The number of benzene rings is 1. The fourth-order valence-corrected chi connectivity index (χ4v) is 3.29. The largest absolute Gasteiger partial charge is 0.327 e. The molecule has 1 aromatic rings. The van der Waals surface area contributed by atoms with Crippen molar-refractivity contribution in [2.75, 3.05) is 0 Å². The molecule has 0 spiro atoms. The van der Waals surface area contributed by atoms with E-state index < -0.39 is 0 Å². The van der Waals surface area contributed by atoms with Gasteiger partial charge in [-0.05, 0) is 71.4 Å². The topological polar surface area (TPSA) is 26.0 Å².